The lowest BCUT2D eigenvalue weighted by molar-refractivity contribution is -0.917. The van der Waals surface area contributed by atoms with Crippen LogP contribution in [-0.2, 0) is 11.3 Å². The van der Waals surface area contributed by atoms with Crippen LogP contribution >= 0.6 is 0 Å². The van der Waals surface area contributed by atoms with Gasteiger partial charge in [-0.15, -0.1) is 0 Å². The van der Waals surface area contributed by atoms with Crippen LogP contribution in [0.4, 0.5) is 4.39 Å². The first-order valence-corrected chi connectivity index (χ1v) is 10.2. The van der Waals surface area contributed by atoms with Crippen molar-refractivity contribution in [2.75, 3.05) is 39.8 Å². The Morgan fingerprint density at radius 1 is 1.10 bits per heavy atom. The average molecular weight is 415 g/mol. The molecule has 160 valence electrons. The molecule has 2 N–H and O–H groups in total. The minimum Gasteiger partial charge on any atom is -0.496 e. The molecule has 0 aliphatic carbocycles. The van der Waals surface area contributed by atoms with Crippen molar-refractivity contribution in [3.05, 3.63) is 64.5 Å². The highest BCUT2D eigenvalue weighted by atomic mass is 19.1. The van der Waals surface area contributed by atoms with E-state index in [9.17, 15) is 14.0 Å². The molecule has 6 nitrogen and oxygen atoms in total. The third-order valence-corrected chi connectivity index (χ3v) is 5.68. The fourth-order valence-corrected chi connectivity index (χ4v) is 3.66. The fourth-order valence-electron chi connectivity index (χ4n) is 3.66. The van der Waals surface area contributed by atoms with Gasteiger partial charge in [0.15, 0.2) is 0 Å². The second-order valence-electron chi connectivity index (χ2n) is 7.75. The van der Waals surface area contributed by atoms with Crippen molar-refractivity contribution in [2.24, 2.45) is 0 Å². The van der Waals surface area contributed by atoms with E-state index in [0.717, 1.165) is 29.8 Å². The number of nitrogens with one attached hydrogen (secondary N) is 2. The van der Waals surface area contributed by atoms with Gasteiger partial charge >= 0.3 is 0 Å². The Labute approximate surface area is 176 Å². The van der Waals surface area contributed by atoms with E-state index in [4.69, 9.17) is 4.74 Å². The van der Waals surface area contributed by atoms with E-state index < -0.39 is 0 Å². The van der Waals surface area contributed by atoms with Gasteiger partial charge in [0, 0.05) is 5.56 Å². The third-order valence-electron chi connectivity index (χ3n) is 5.68. The molecule has 0 radical (unpaired) electrons. The van der Waals surface area contributed by atoms with Crippen molar-refractivity contribution in [3.63, 3.8) is 0 Å². The van der Waals surface area contributed by atoms with Gasteiger partial charge in [0.05, 0.1) is 45.4 Å². The molecule has 1 heterocycles. The lowest BCUT2D eigenvalue weighted by Gasteiger charge is -2.32. The summed E-state index contributed by atoms with van der Waals surface area (Å²) in [4.78, 5) is 27.8. The number of benzene rings is 2. The number of carbonyl (C=O) groups is 2. The molecule has 2 aromatic carbocycles. The van der Waals surface area contributed by atoms with Crippen LogP contribution < -0.4 is 15.0 Å². The smallest absolute Gasteiger partial charge is 0.251 e. The number of rotatable bonds is 6. The summed E-state index contributed by atoms with van der Waals surface area (Å²) < 4.78 is 18.9. The van der Waals surface area contributed by atoms with Crippen LogP contribution in [-0.4, -0.2) is 56.5 Å². The number of methoxy groups -OCH3 is 1. The minimum absolute atomic E-state index is 0.0151. The molecule has 0 atom stereocenters. The second kappa shape index (κ2) is 9.71. The zero-order chi connectivity index (χ0) is 21.7. The van der Waals surface area contributed by atoms with E-state index in [0.29, 0.717) is 30.9 Å². The second-order valence-corrected chi connectivity index (χ2v) is 7.75. The van der Waals surface area contributed by atoms with Gasteiger partial charge in [0.25, 0.3) is 5.91 Å². The lowest BCUT2D eigenvalue weighted by Crippen LogP contribution is -3.13. The molecule has 30 heavy (non-hydrogen) atoms. The lowest BCUT2D eigenvalue weighted by atomic mass is 10.1. The van der Waals surface area contributed by atoms with Crippen LogP contribution in [0.3, 0.4) is 0 Å². The molecule has 2 amide bonds. The monoisotopic (exact) mass is 414 g/mol. The molecule has 1 fully saturated rings. The zero-order valence-electron chi connectivity index (χ0n) is 17.8. The summed E-state index contributed by atoms with van der Waals surface area (Å²) in [6, 6.07) is 10.0. The van der Waals surface area contributed by atoms with Gasteiger partial charge in [-0.2, -0.15) is 0 Å². The van der Waals surface area contributed by atoms with E-state index in [1.165, 1.54) is 17.0 Å². The third kappa shape index (κ3) is 5.36. The molecule has 0 saturated carbocycles. The minimum atomic E-state index is -0.279. The predicted octanol–water partition coefficient (Wildman–Crippen LogP) is 1.11. The Bertz CT molecular complexity index is 924. The van der Waals surface area contributed by atoms with Crippen LogP contribution in [0.25, 0.3) is 0 Å². The Morgan fingerprint density at radius 3 is 2.50 bits per heavy atom. The molecule has 2 aromatic rings. The predicted molar refractivity (Wildman–Crippen MR) is 112 cm³/mol. The van der Waals surface area contributed by atoms with Crippen LogP contribution in [0.2, 0.25) is 0 Å². The van der Waals surface area contributed by atoms with Crippen LogP contribution in [0, 0.1) is 19.7 Å². The summed E-state index contributed by atoms with van der Waals surface area (Å²) in [7, 11) is 1.58. The highest BCUT2D eigenvalue weighted by Crippen LogP contribution is 2.18. The van der Waals surface area contributed by atoms with E-state index in [1.807, 2.05) is 26.0 Å². The molecule has 3 rings (SSSR count). The van der Waals surface area contributed by atoms with Crippen molar-refractivity contribution in [3.8, 4) is 5.75 Å². The molecule has 1 saturated heterocycles. The van der Waals surface area contributed by atoms with Gasteiger partial charge in [-0.25, -0.2) is 4.39 Å². The summed E-state index contributed by atoms with van der Waals surface area (Å²) in [5, 5.41) is 2.72. The molecule has 1 aliphatic heterocycles. The topological polar surface area (TPSA) is 63.1 Å². The standard InChI is InChI=1S/C23H28FN3O3/c1-16-4-5-18(12-17(16)2)23(29)25-14-22(28)27-10-8-26(9-11-27)15-19-13-20(24)6-7-21(19)30-3/h4-7,12-13H,8-11,14-15H2,1-3H3,(H,25,29)/p+1. The summed E-state index contributed by atoms with van der Waals surface area (Å²) in [6.07, 6.45) is 0. The first-order chi connectivity index (χ1) is 14.4. The van der Waals surface area contributed by atoms with Crippen molar-refractivity contribution >= 4 is 11.8 Å². The Balaban J connectivity index is 1.47. The van der Waals surface area contributed by atoms with Gasteiger partial charge in [-0.05, 0) is 55.3 Å². The summed E-state index contributed by atoms with van der Waals surface area (Å²) in [5.41, 5.74) is 3.55. The van der Waals surface area contributed by atoms with Gasteiger partial charge in [-0.1, -0.05) is 6.07 Å². The Morgan fingerprint density at radius 2 is 1.83 bits per heavy atom. The number of aryl methyl sites for hydroxylation is 2. The highest BCUT2D eigenvalue weighted by molar-refractivity contribution is 5.96. The van der Waals surface area contributed by atoms with Crippen molar-refractivity contribution < 1.29 is 23.6 Å². The maximum absolute atomic E-state index is 13.6. The molecule has 0 aromatic heterocycles. The SMILES string of the molecule is COc1ccc(F)cc1C[NH+]1CCN(C(=O)CNC(=O)c2ccc(C)c(C)c2)CC1. The number of carbonyl (C=O) groups excluding carboxylic acids is 2. The van der Waals surface area contributed by atoms with E-state index in [2.05, 4.69) is 5.32 Å². The Kier molecular flexibility index (Phi) is 7.05. The molecule has 1 aliphatic rings. The van der Waals surface area contributed by atoms with Crippen molar-refractivity contribution in [2.45, 2.75) is 20.4 Å². The van der Waals surface area contributed by atoms with Crippen LogP contribution in [0.15, 0.2) is 36.4 Å². The van der Waals surface area contributed by atoms with Gasteiger partial charge < -0.3 is 19.9 Å². The summed E-state index contributed by atoms with van der Waals surface area (Å²) >= 11 is 0. The van der Waals surface area contributed by atoms with E-state index >= 15 is 0 Å². The molecular weight excluding hydrogens is 385 g/mol. The average Bonchev–Trinajstić information content (AvgIpc) is 2.74. The number of hydrogen-bond donors (Lipinski definition) is 2. The van der Waals surface area contributed by atoms with Gasteiger partial charge in [0.1, 0.15) is 18.1 Å². The largest absolute Gasteiger partial charge is 0.496 e. The quantitative estimate of drug-likeness (QED) is 0.745. The highest BCUT2D eigenvalue weighted by Gasteiger charge is 2.25. The molecule has 0 bridgehead atoms. The molecular formula is C23H29FN3O3+. The molecule has 7 heteroatoms. The maximum atomic E-state index is 13.6. The first-order valence-electron chi connectivity index (χ1n) is 10.2. The zero-order valence-corrected chi connectivity index (χ0v) is 17.8. The first kappa shape index (κ1) is 21.8. The molecule has 0 unspecified atom stereocenters. The number of quaternary nitrogens is 1. The number of hydrogen-bond acceptors (Lipinski definition) is 3. The summed E-state index contributed by atoms with van der Waals surface area (Å²) in [6.45, 7) is 7.31. The van der Waals surface area contributed by atoms with Crippen molar-refractivity contribution in [1.29, 1.82) is 0 Å². The Hall–Kier alpha value is -2.93. The van der Waals surface area contributed by atoms with E-state index in [-0.39, 0.29) is 24.2 Å². The van der Waals surface area contributed by atoms with Crippen molar-refractivity contribution in [1.82, 2.24) is 10.2 Å². The number of piperazine rings is 1. The molecule has 0 spiro atoms. The number of nitrogens with zero attached hydrogens (tertiary/aromatic N) is 1. The number of amides is 2. The fraction of sp³-hybridized carbons (Fsp3) is 0.391. The van der Waals surface area contributed by atoms with E-state index in [1.54, 1.807) is 24.1 Å². The van der Waals surface area contributed by atoms with Crippen LogP contribution in [0.5, 0.6) is 5.75 Å². The number of ether oxygens (including phenoxy) is 1. The van der Waals surface area contributed by atoms with Crippen LogP contribution in [0.1, 0.15) is 27.0 Å². The number of halogens is 1. The van der Waals surface area contributed by atoms with Gasteiger partial charge in [-0.3, -0.25) is 9.59 Å². The normalized spacial score (nSPS) is 14.5. The van der Waals surface area contributed by atoms with Gasteiger partial charge in [0.2, 0.25) is 5.91 Å². The summed E-state index contributed by atoms with van der Waals surface area (Å²) in [5.74, 6) is 0.0680. The maximum Gasteiger partial charge on any atom is 0.251 e.